The molecule has 3 amide bonds. The first-order chi connectivity index (χ1) is 30.4. The number of carbonyl (C=O) groups is 3. The number of nitrogens with zero attached hydrogens (tertiary/aromatic N) is 8. The third-order valence-electron chi connectivity index (χ3n) is 12.7. The number of fused-ring (bicyclic) bond motifs is 1. The van der Waals surface area contributed by atoms with E-state index in [0.717, 1.165) is 45.9 Å². The predicted molar refractivity (Wildman–Crippen MR) is 238 cm³/mol. The molecule has 3 saturated heterocycles. The number of aliphatic hydroxyl groups excluding tert-OH is 1. The SMILES string of the molecule is Cc1ncsc1-c1ccc([C@H](C)NC(=O)[C@@H]2C[C@@H](O)CN2C(=O)[C@@H](c2cc(N3CCN(C(=O)CN4CC(c5cc6cc(-c7ccccc7O)nnc6[nH]5)C4)CC3)no2)C(C)C)cc1. The van der Waals surface area contributed by atoms with E-state index in [2.05, 4.69) is 46.5 Å². The molecule has 7 heterocycles. The average molecular weight is 873 g/mol. The van der Waals surface area contributed by atoms with Gasteiger partial charge in [0.25, 0.3) is 0 Å². The Balaban J connectivity index is 0.765. The number of aromatic nitrogens is 5. The normalized spacial score (nSPS) is 19.4. The number of para-hydroxylation sites is 1. The van der Waals surface area contributed by atoms with E-state index in [4.69, 9.17) is 4.52 Å². The van der Waals surface area contributed by atoms with Crippen LogP contribution in [0.25, 0.3) is 32.7 Å². The summed E-state index contributed by atoms with van der Waals surface area (Å²) in [5, 5.41) is 38.0. The van der Waals surface area contributed by atoms with Crippen molar-refractivity contribution in [1.29, 1.82) is 0 Å². The Morgan fingerprint density at radius 1 is 0.968 bits per heavy atom. The second-order valence-corrected chi connectivity index (χ2v) is 18.2. The van der Waals surface area contributed by atoms with Crippen molar-refractivity contribution in [3.8, 4) is 27.4 Å². The summed E-state index contributed by atoms with van der Waals surface area (Å²) < 4.78 is 5.84. The van der Waals surface area contributed by atoms with Crippen LogP contribution < -0.4 is 10.2 Å². The Kier molecular flexibility index (Phi) is 11.7. The highest BCUT2D eigenvalue weighted by atomic mass is 32.1. The molecular weight excluding hydrogens is 821 g/mol. The molecule has 4 atom stereocenters. The number of aromatic hydroxyl groups is 1. The van der Waals surface area contributed by atoms with E-state index in [0.29, 0.717) is 61.2 Å². The summed E-state index contributed by atoms with van der Waals surface area (Å²) in [6, 6.07) is 19.7. The number of benzene rings is 2. The van der Waals surface area contributed by atoms with Crippen LogP contribution in [0.3, 0.4) is 0 Å². The molecule has 3 aliphatic heterocycles. The summed E-state index contributed by atoms with van der Waals surface area (Å²) in [6.07, 6.45) is -0.687. The minimum atomic E-state index is -0.834. The summed E-state index contributed by atoms with van der Waals surface area (Å²) in [4.78, 5) is 57.8. The number of carbonyl (C=O) groups excluding carboxylic acids is 3. The van der Waals surface area contributed by atoms with Crippen molar-refractivity contribution in [2.24, 2.45) is 5.92 Å². The van der Waals surface area contributed by atoms with E-state index in [1.54, 1.807) is 29.5 Å². The summed E-state index contributed by atoms with van der Waals surface area (Å²) in [6.45, 7) is 11.8. The lowest BCUT2D eigenvalue weighted by molar-refractivity contribution is -0.141. The van der Waals surface area contributed by atoms with Gasteiger partial charge < -0.3 is 39.7 Å². The predicted octanol–water partition coefficient (Wildman–Crippen LogP) is 5.08. The van der Waals surface area contributed by atoms with E-state index in [-0.39, 0.29) is 54.3 Å². The smallest absolute Gasteiger partial charge is 0.243 e. The molecule has 4 N–H and O–H groups in total. The lowest BCUT2D eigenvalue weighted by Crippen LogP contribution is -2.54. The van der Waals surface area contributed by atoms with E-state index >= 15 is 0 Å². The quantitative estimate of drug-likeness (QED) is 0.128. The fourth-order valence-electron chi connectivity index (χ4n) is 9.06. The van der Waals surface area contributed by atoms with Gasteiger partial charge in [0.2, 0.25) is 17.7 Å². The Bertz CT molecular complexity index is 2610. The van der Waals surface area contributed by atoms with Gasteiger partial charge in [-0.15, -0.1) is 21.5 Å². The van der Waals surface area contributed by atoms with Crippen LogP contribution in [0.1, 0.15) is 67.8 Å². The molecule has 0 aliphatic carbocycles. The zero-order chi connectivity index (χ0) is 43.9. The lowest BCUT2D eigenvalue weighted by Gasteiger charge is -2.40. The van der Waals surface area contributed by atoms with Crippen LogP contribution >= 0.6 is 11.3 Å². The van der Waals surface area contributed by atoms with E-state index in [9.17, 15) is 24.6 Å². The Labute approximate surface area is 368 Å². The first kappa shape index (κ1) is 42.1. The zero-order valence-corrected chi connectivity index (χ0v) is 36.6. The number of aromatic amines is 1. The molecule has 9 rings (SSSR count). The van der Waals surface area contributed by atoms with Crippen LogP contribution in [-0.2, 0) is 14.4 Å². The van der Waals surface area contributed by atoms with Gasteiger partial charge in [-0.1, -0.05) is 55.4 Å². The van der Waals surface area contributed by atoms with Crippen molar-refractivity contribution in [1.82, 2.24) is 45.3 Å². The fraction of sp³-hybridized carbons (Fsp3) is 0.413. The van der Waals surface area contributed by atoms with Crippen molar-refractivity contribution in [2.75, 3.05) is 57.3 Å². The minimum Gasteiger partial charge on any atom is -0.507 e. The Hall–Kier alpha value is -6.17. The number of phenols is 1. The van der Waals surface area contributed by atoms with Gasteiger partial charge in [-0.2, -0.15) is 0 Å². The second kappa shape index (κ2) is 17.5. The number of aryl methyl sites for hydroxylation is 1. The monoisotopic (exact) mass is 872 g/mol. The van der Waals surface area contributed by atoms with Gasteiger partial charge in [0.05, 0.1) is 40.5 Å². The third kappa shape index (κ3) is 8.64. The second-order valence-electron chi connectivity index (χ2n) is 17.4. The summed E-state index contributed by atoms with van der Waals surface area (Å²) in [7, 11) is 0. The van der Waals surface area contributed by atoms with Crippen molar-refractivity contribution in [2.45, 2.75) is 64.1 Å². The van der Waals surface area contributed by atoms with Crippen LogP contribution in [0.5, 0.6) is 5.75 Å². The average Bonchev–Trinajstić information content (AvgIpc) is 4.09. The van der Waals surface area contributed by atoms with Gasteiger partial charge in [0, 0.05) is 80.9 Å². The Morgan fingerprint density at radius 2 is 1.73 bits per heavy atom. The number of nitrogens with one attached hydrogen (secondary N) is 2. The van der Waals surface area contributed by atoms with Gasteiger partial charge in [0.15, 0.2) is 17.2 Å². The molecule has 0 bridgehead atoms. The number of anilines is 1. The maximum Gasteiger partial charge on any atom is 0.243 e. The number of likely N-dealkylation sites (tertiary alicyclic amines) is 2. The molecule has 16 nitrogen and oxygen atoms in total. The van der Waals surface area contributed by atoms with Gasteiger partial charge in [0.1, 0.15) is 17.7 Å². The first-order valence-corrected chi connectivity index (χ1v) is 22.4. The summed E-state index contributed by atoms with van der Waals surface area (Å²) in [5.74, 6) is -0.0209. The van der Waals surface area contributed by atoms with E-state index in [1.807, 2.05) is 80.6 Å². The topological polar surface area (TPSA) is 197 Å². The van der Waals surface area contributed by atoms with Gasteiger partial charge in [-0.25, -0.2) is 4.98 Å². The number of H-pyrrole nitrogens is 1. The van der Waals surface area contributed by atoms with Crippen LogP contribution in [-0.4, -0.2) is 132 Å². The van der Waals surface area contributed by atoms with Crippen molar-refractivity contribution < 1.29 is 29.1 Å². The van der Waals surface area contributed by atoms with E-state index < -0.39 is 18.1 Å². The Morgan fingerprint density at radius 3 is 2.44 bits per heavy atom. The van der Waals surface area contributed by atoms with Crippen molar-refractivity contribution in [3.63, 3.8) is 0 Å². The molecule has 2 aromatic carbocycles. The number of phenolic OH excluding ortho intramolecular Hbond substituents is 1. The summed E-state index contributed by atoms with van der Waals surface area (Å²) >= 11 is 1.59. The maximum absolute atomic E-state index is 14.3. The zero-order valence-electron chi connectivity index (χ0n) is 35.8. The number of amides is 3. The number of rotatable bonds is 12. The van der Waals surface area contributed by atoms with Gasteiger partial charge >= 0.3 is 0 Å². The van der Waals surface area contributed by atoms with Crippen molar-refractivity contribution >= 4 is 45.9 Å². The molecule has 0 spiro atoms. The number of piperazine rings is 1. The highest BCUT2D eigenvalue weighted by molar-refractivity contribution is 7.13. The molecule has 4 aromatic heterocycles. The number of thiazole rings is 1. The largest absolute Gasteiger partial charge is 0.507 e. The molecule has 0 saturated carbocycles. The lowest BCUT2D eigenvalue weighted by atomic mass is 9.91. The molecule has 0 radical (unpaired) electrons. The highest BCUT2D eigenvalue weighted by Gasteiger charge is 2.44. The van der Waals surface area contributed by atoms with Crippen LogP contribution in [0, 0.1) is 12.8 Å². The fourth-order valence-corrected chi connectivity index (χ4v) is 9.87. The molecule has 0 unspecified atom stereocenters. The molecule has 17 heteroatoms. The third-order valence-corrected chi connectivity index (χ3v) is 13.7. The number of hydrogen-bond acceptors (Lipinski definition) is 13. The molecule has 6 aromatic rings. The van der Waals surface area contributed by atoms with Crippen LogP contribution in [0.15, 0.2) is 76.8 Å². The first-order valence-electron chi connectivity index (χ1n) is 21.6. The number of aliphatic hydroxyl groups is 1. The van der Waals surface area contributed by atoms with Gasteiger partial charge in [-0.05, 0) is 55.2 Å². The molecular formula is C46H52N10O6S. The highest BCUT2D eigenvalue weighted by Crippen LogP contribution is 2.35. The summed E-state index contributed by atoms with van der Waals surface area (Å²) in [5.41, 5.74) is 7.77. The van der Waals surface area contributed by atoms with Crippen LogP contribution in [0.2, 0.25) is 0 Å². The number of hydrogen-bond donors (Lipinski definition) is 4. The molecule has 63 heavy (non-hydrogen) atoms. The molecule has 328 valence electrons. The standard InChI is InChI=1S/C46H52N10O6S/c1-26(2)42(46(61)56-23-33(57)19-37(56)45(60)48-27(3)29-9-11-30(12-10-29)43-28(4)47-25-63-43)39-20-40(52-62-39)54-13-15-55(16-14-54)41(59)24-53-21-32(22-53)35-17-31-18-36(50-51-44(31)49-35)34-7-5-6-8-38(34)58/h5-12,17-18,20,25-27,32-33,37,42,57-58H,13-16,19,21-24H2,1-4H3,(H,48,60)(H,49,51)/t27-,33+,37-,42+/m0/s1. The maximum atomic E-state index is 14.3. The number of β-amino-alcohol motifs (C(OH)–C–C–N with tert-alkyl or cyclic N) is 1. The molecule has 3 aliphatic rings. The van der Waals surface area contributed by atoms with Gasteiger partial charge in [-0.3, -0.25) is 19.3 Å². The van der Waals surface area contributed by atoms with E-state index in [1.165, 1.54) is 4.90 Å². The minimum absolute atomic E-state index is 0.0490. The van der Waals surface area contributed by atoms with Crippen LogP contribution in [0.4, 0.5) is 5.82 Å². The van der Waals surface area contributed by atoms with Crippen molar-refractivity contribution in [3.05, 3.63) is 95.0 Å². The molecule has 3 fully saturated rings.